The van der Waals surface area contributed by atoms with Crippen molar-refractivity contribution in [1.82, 2.24) is 0 Å². The Morgan fingerprint density at radius 2 is 1.17 bits per heavy atom. The minimum Gasteiger partial charge on any atom is -0.395 e. The van der Waals surface area contributed by atoms with Crippen LogP contribution in [-0.4, -0.2) is 6.61 Å². The molecule has 0 aliphatic rings. The van der Waals surface area contributed by atoms with E-state index in [4.69, 9.17) is 13.6 Å². The summed E-state index contributed by atoms with van der Waals surface area (Å²) in [6.45, 7) is 4.77. The van der Waals surface area contributed by atoms with E-state index in [-0.39, 0.29) is 6.61 Å². The van der Waals surface area contributed by atoms with Gasteiger partial charge in [0, 0.05) is 0 Å². The lowest BCUT2D eigenvalue weighted by Gasteiger charge is -2.19. The summed E-state index contributed by atoms with van der Waals surface area (Å²) >= 11 is 0. The highest BCUT2D eigenvalue weighted by atomic mass is 31.2. The van der Waals surface area contributed by atoms with E-state index in [0.29, 0.717) is 11.5 Å². The van der Waals surface area contributed by atoms with Crippen LogP contribution >= 0.6 is 7.82 Å². The second-order valence-corrected chi connectivity index (χ2v) is 10.7. The van der Waals surface area contributed by atoms with Gasteiger partial charge in [-0.15, -0.1) is 0 Å². The molecule has 3 aromatic rings. The fourth-order valence-electron chi connectivity index (χ4n) is 4.19. The average molecular weight is 509 g/mol. The largest absolute Gasteiger partial charge is 0.587 e. The molecule has 0 radical (unpaired) electrons. The first kappa shape index (κ1) is 28.0. The van der Waals surface area contributed by atoms with Crippen molar-refractivity contribution in [2.75, 3.05) is 6.61 Å². The molecule has 0 N–H and O–H groups in total. The van der Waals surface area contributed by atoms with Crippen LogP contribution in [0, 0.1) is 0 Å². The molecule has 0 unspecified atom stereocenters. The summed E-state index contributed by atoms with van der Waals surface area (Å²) in [7, 11) is -3.84. The Hall–Kier alpha value is -2.55. The third-order valence-corrected chi connectivity index (χ3v) is 7.52. The van der Waals surface area contributed by atoms with Crippen LogP contribution in [-0.2, 0) is 28.4 Å². The van der Waals surface area contributed by atoms with Gasteiger partial charge in [0.25, 0.3) is 0 Å². The first-order valence-corrected chi connectivity index (χ1v) is 14.9. The standard InChI is InChI=1S/C31H41O4P/c1-3-5-9-16-27-23-24-28(29(26-27)17-10-6-4-2)18-15-25-33-36(32,34-30-19-11-7-12-20-30)35-31-21-13-8-14-22-31/h7-8,11-14,19-24,26H,3-6,9-10,15-18,25H2,1-2H3. The highest BCUT2D eigenvalue weighted by molar-refractivity contribution is 7.49. The van der Waals surface area contributed by atoms with E-state index in [9.17, 15) is 4.57 Å². The number of unbranched alkanes of at least 4 members (excludes halogenated alkanes) is 4. The fraction of sp³-hybridized carbons (Fsp3) is 0.419. The molecule has 0 atom stereocenters. The molecule has 4 nitrogen and oxygen atoms in total. The van der Waals surface area contributed by atoms with E-state index in [1.807, 2.05) is 36.4 Å². The maximum atomic E-state index is 13.5. The van der Waals surface area contributed by atoms with Gasteiger partial charge in [0.2, 0.25) is 0 Å². The highest BCUT2D eigenvalue weighted by Crippen LogP contribution is 2.49. The predicted octanol–water partition coefficient (Wildman–Crippen LogP) is 9.37. The molecular weight excluding hydrogens is 467 g/mol. The van der Waals surface area contributed by atoms with Crippen LogP contribution < -0.4 is 9.05 Å². The van der Waals surface area contributed by atoms with Gasteiger partial charge in [0.05, 0.1) is 6.61 Å². The van der Waals surface area contributed by atoms with Gasteiger partial charge in [0.15, 0.2) is 0 Å². The third kappa shape index (κ3) is 9.84. The summed E-state index contributed by atoms with van der Waals surface area (Å²) in [4.78, 5) is 0. The van der Waals surface area contributed by atoms with Gasteiger partial charge < -0.3 is 9.05 Å². The Bertz CT molecular complexity index is 1010. The summed E-state index contributed by atoms with van der Waals surface area (Å²) < 4.78 is 30.7. The van der Waals surface area contributed by atoms with E-state index in [0.717, 1.165) is 25.7 Å². The molecule has 0 spiro atoms. The molecule has 0 aromatic heterocycles. The molecule has 0 bridgehead atoms. The summed E-state index contributed by atoms with van der Waals surface area (Å²) in [6, 6.07) is 25.0. The second kappa shape index (κ2) is 15.5. The van der Waals surface area contributed by atoms with Crippen molar-refractivity contribution in [3.05, 3.63) is 95.6 Å². The van der Waals surface area contributed by atoms with Gasteiger partial charge in [-0.2, -0.15) is 0 Å². The molecule has 3 rings (SSSR count). The minimum absolute atomic E-state index is 0.281. The molecule has 3 aromatic carbocycles. The van der Waals surface area contributed by atoms with Crippen LogP contribution in [0.4, 0.5) is 0 Å². The van der Waals surface area contributed by atoms with Crippen LogP contribution in [0.1, 0.15) is 75.5 Å². The second-order valence-electron chi connectivity index (χ2n) is 9.21. The number of benzene rings is 3. The molecule has 0 amide bonds. The molecule has 194 valence electrons. The van der Waals surface area contributed by atoms with Gasteiger partial charge >= 0.3 is 7.82 Å². The lowest BCUT2D eigenvalue weighted by molar-refractivity contribution is 0.207. The first-order chi connectivity index (χ1) is 17.6. The molecule has 0 aliphatic carbocycles. The first-order valence-electron chi connectivity index (χ1n) is 13.5. The summed E-state index contributed by atoms with van der Waals surface area (Å²) in [5, 5.41) is 0. The number of hydrogen-bond acceptors (Lipinski definition) is 4. The van der Waals surface area contributed by atoms with Crippen molar-refractivity contribution >= 4 is 7.82 Å². The molecule has 0 fully saturated rings. The molecule has 0 saturated heterocycles. The normalized spacial score (nSPS) is 11.4. The van der Waals surface area contributed by atoms with E-state index in [1.54, 1.807) is 24.3 Å². The van der Waals surface area contributed by atoms with Crippen LogP contribution in [0.15, 0.2) is 78.9 Å². The average Bonchev–Trinajstić information content (AvgIpc) is 2.89. The smallest absolute Gasteiger partial charge is 0.395 e. The zero-order chi connectivity index (χ0) is 25.5. The summed E-state index contributed by atoms with van der Waals surface area (Å²) in [5.74, 6) is 0.905. The van der Waals surface area contributed by atoms with Crippen molar-refractivity contribution in [3.63, 3.8) is 0 Å². The zero-order valence-corrected chi connectivity index (χ0v) is 22.8. The van der Waals surface area contributed by atoms with E-state index in [1.165, 1.54) is 55.2 Å². The van der Waals surface area contributed by atoms with Crippen molar-refractivity contribution in [3.8, 4) is 11.5 Å². The lowest BCUT2D eigenvalue weighted by atomic mass is 9.94. The van der Waals surface area contributed by atoms with Crippen LogP contribution in [0.25, 0.3) is 0 Å². The number of phosphoric acid groups is 1. The minimum atomic E-state index is -3.84. The van der Waals surface area contributed by atoms with Gasteiger partial charge in [-0.05, 0) is 79.5 Å². The Morgan fingerprint density at radius 3 is 1.75 bits per heavy atom. The van der Waals surface area contributed by atoms with Crippen molar-refractivity contribution in [2.24, 2.45) is 0 Å². The SMILES string of the molecule is CCCCCc1ccc(CCCOP(=O)(Oc2ccccc2)Oc2ccccc2)c(CCCCC)c1. The number of rotatable bonds is 17. The van der Waals surface area contributed by atoms with E-state index < -0.39 is 7.82 Å². The lowest BCUT2D eigenvalue weighted by Crippen LogP contribution is -2.07. The fourth-order valence-corrected chi connectivity index (χ4v) is 5.44. The van der Waals surface area contributed by atoms with Crippen molar-refractivity contribution < 1.29 is 18.1 Å². The van der Waals surface area contributed by atoms with Gasteiger partial charge in [-0.3, -0.25) is 4.52 Å². The van der Waals surface area contributed by atoms with Crippen LogP contribution in [0.3, 0.4) is 0 Å². The molecular formula is C31H41O4P. The van der Waals surface area contributed by atoms with Gasteiger partial charge in [-0.25, -0.2) is 4.57 Å². The van der Waals surface area contributed by atoms with Crippen molar-refractivity contribution in [1.29, 1.82) is 0 Å². The van der Waals surface area contributed by atoms with Crippen LogP contribution in [0.5, 0.6) is 11.5 Å². The quantitative estimate of drug-likeness (QED) is 0.135. The Morgan fingerprint density at radius 1 is 0.611 bits per heavy atom. The summed E-state index contributed by atoms with van der Waals surface area (Å²) in [6.07, 6.45) is 11.3. The third-order valence-electron chi connectivity index (χ3n) is 6.15. The van der Waals surface area contributed by atoms with E-state index in [2.05, 4.69) is 32.0 Å². The Balaban J connectivity index is 1.62. The van der Waals surface area contributed by atoms with Crippen molar-refractivity contribution in [2.45, 2.75) is 78.1 Å². The Labute approximate surface area is 217 Å². The van der Waals surface area contributed by atoms with Crippen LogP contribution in [0.2, 0.25) is 0 Å². The number of phosphoric ester groups is 1. The van der Waals surface area contributed by atoms with Gasteiger partial charge in [0.1, 0.15) is 11.5 Å². The number of aryl methyl sites for hydroxylation is 3. The zero-order valence-electron chi connectivity index (χ0n) is 21.9. The molecule has 5 heteroatoms. The number of hydrogen-bond donors (Lipinski definition) is 0. The maximum absolute atomic E-state index is 13.5. The number of para-hydroxylation sites is 2. The molecule has 0 saturated carbocycles. The molecule has 0 heterocycles. The summed E-state index contributed by atoms with van der Waals surface area (Å²) in [5.41, 5.74) is 4.24. The predicted molar refractivity (Wildman–Crippen MR) is 149 cm³/mol. The topological polar surface area (TPSA) is 44.8 Å². The highest BCUT2D eigenvalue weighted by Gasteiger charge is 2.30. The maximum Gasteiger partial charge on any atom is 0.587 e. The molecule has 0 aliphatic heterocycles. The Kier molecular flexibility index (Phi) is 12.1. The van der Waals surface area contributed by atoms with E-state index >= 15 is 0 Å². The van der Waals surface area contributed by atoms with Gasteiger partial charge in [-0.1, -0.05) is 94.1 Å². The monoisotopic (exact) mass is 508 g/mol. The molecule has 36 heavy (non-hydrogen) atoms.